The molecule has 0 fully saturated rings. The summed E-state index contributed by atoms with van der Waals surface area (Å²) in [6.07, 6.45) is 0.435. The first-order chi connectivity index (χ1) is 6.20. The summed E-state index contributed by atoms with van der Waals surface area (Å²) in [6.45, 7) is 1.68. The van der Waals surface area contributed by atoms with E-state index in [-0.39, 0.29) is 0 Å². The largest absolute Gasteiger partial charge is 0.464 e. The third-order valence-corrected chi connectivity index (χ3v) is 1.35. The Labute approximate surface area is 75.1 Å². The van der Waals surface area contributed by atoms with E-state index in [0.717, 1.165) is 0 Å². The monoisotopic (exact) mass is 179 g/mol. The van der Waals surface area contributed by atoms with Crippen molar-refractivity contribution in [3.05, 3.63) is 30.1 Å². The number of hydrogen-bond acceptors (Lipinski definition) is 3. The van der Waals surface area contributed by atoms with Crippen LogP contribution in [0.3, 0.4) is 0 Å². The van der Waals surface area contributed by atoms with Crippen LogP contribution in [0.4, 0.5) is 4.79 Å². The van der Waals surface area contributed by atoms with Crippen molar-refractivity contribution in [1.29, 1.82) is 0 Å². The lowest BCUT2D eigenvalue weighted by molar-refractivity contribution is 0.195. The van der Waals surface area contributed by atoms with Crippen LogP contribution in [0.25, 0.3) is 0 Å². The van der Waals surface area contributed by atoms with Gasteiger partial charge in [0.05, 0.1) is 11.4 Å². The average molecular weight is 179 g/mol. The number of amides is 1. The summed E-state index contributed by atoms with van der Waals surface area (Å²) in [7, 11) is 0. The molecule has 0 radical (unpaired) electrons. The van der Waals surface area contributed by atoms with Crippen LogP contribution in [0.15, 0.2) is 29.5 Å². The molecular formula is C8H9N3O2. The highest BCUT2D eigenvalue weighted by atomic mass is 16.4. The van der Waals surface area contributed by atoms with Crippen LogP contribution in [0, 0.1) is 0 Å². The van der Waals surface area contributed by atoms with Gasteiger partial charge in [0.25, 0.3) is 0 Å². The van der Waals surface area contributed by atoms with Gasteiger partial charge in [-0.25, -0.2) is 10.2 Å². The molecule has 2 N–H and O–H groups in total. The van der Waals surface area contributed by atoms with Gasteiger partial charge in [-0.05, 0) is 19.1 Å². The van der Waals surface area contributed by atoms with Gasteiger partial charge in [-0.3, -0.25) is 4.98 Å². The lowest BCUT2D eigenvalue weighted by Gasteiger charge is -1.97. The van der Waals surface area contributed by atoms with E-state index in [9.17, 15) is 4.79 Å². The maximum Gasteiger partial charge on any atom is 0.425 e. The number of nitrogens with zero attached hydrogens (tertiary/aromatic N) is 2. The van der Waals surface area contributed by atoms with Crippen molar-refractivity contribution < 1.29 is 9.90 Å². The van der Waals surface area contributed by atoms with Crippen LogP contribution in [-0.2, 0) is 0 Å². The fourth-order valence-electron chi connectivity index (χ4n) is 0.766. The molecule has 1 amide bonds. The van der Waals surface area contributed by atoms with E-state index in [1.807, 2.05) is 11.5 Å². The number of carboxylic acid groups (broad SMARTS) is 1. The van der Waals surface area contributed by atoms with Gasteiger partial charge in [0.15, 0.2) is 0 Å². The zero-order chi connectivity index (χ0) is 9.68. The molecule has 0 saturated heterocycles. The van der Waals surface area contributed by atoms with Crippen LogP contribution in [0.1, 0.15) is 12.6 Å². The predicted octanol–water partition coefficient (Wildman–Crippen LogP) is 1.07. The quantitative estimate of drug-likeness (QED) is 0.526. The number of pyridine rings is 1. The minimum atomic E-state index is -1.18. The summed E-state index contributed by atoms with van der Waals surface area (Å²) in [5.41, 5.74) is 3.09. The Hall–Kier alpha value is -1.91. The van der Waals surface area contributed by atoms with Gasteiger partial charge in [-0.15, -0.1) is 0 Å². The molecule has 0 aromatic carbocycles. The Bertz CT molecular complexity index is 321. The van der Waals surface area contributed by atoms with Gasteiger partial charge in [-0.1, -0.05) is 6.07 Å². The van der Waals surface area contributed by atoms with E-state index in [1.165, 1.54) is 0 Å². The maximum absolute atomic E-state index is 10.1. The molecule has 1 rings (SSSR count). The summed E-state index contributed by atoms with van der Waals surface area (Å²) in [5.74, 6) is 0. The first-order valence-electron chi connectivity index (χ1n) is 3.65. The molecule has 1 aromatic rings. The fraction of sp³-hybridized carbons (Fsp3) is 0.125. The van der Waals surface area contributed by atoms with E-state index < -0.39 is 6.09 Å². The van der Waals surface area contributed by atoms with Crippen molar-refractivity contribution in [3.63, 3.8) is 0 Å². The highest BCUT2D eigenvalue weighted by molar-refractivity contribution is 5.97. The molecule has 68 valence electrons. The number of hydrogen-bond donors (Lipinski definition) is 2. The Balaban J connectivity index is 2.73. The molecular weight excluding hydrogens is 170 g/mol. The minimum Gasteiger partial charge on any atom is -0.464 e. The second kappa shape index (κ2) is 4.20. The van der Waals surface area contributed by atoms with Gasteiger partial charge >= 0.3 is 6.09 Å². The summed E-state index contributed by atoms with van der Waals surface area (Å²) >= 11 is 0. The molecule has 0 spiro atoms. The first kappa shape index (κ1) is 9.18. The van der Waals surface area contributed by atoms with Crippen LogP contribution in [0.5, 0.6) is 0 Å². The van der Waals surface area contributed by atoms with Crippen molar-refractivity contribution in [2.45, 2.75) is 6.92 Å². The van der Waals surface area contributed by atoms with Gasteiger partial charge < -0.3 is 5.11 Å². The molecule has 0 aliphatic heterocycles. The van der Waals surface area contributed by atoms with Gasteiger partial charge in [0, 0.05) is 6.20 Å². The van der Waals surface area contributed by atoms with Crippen LogP contribution in [0.2, 0.25) is 0 Å². The summed E-state index contributed by atoms with van der Waals surface area (Å²) in [4.78, 5) is 14.1. The predicted molar refractivity (Wildman–Crippen MR) is 47.6 cm³/mol. The SMILES string of the molecule is CC(=NNC(=O)O)c1ccccn1. The summed E-state index contributed by atoms with van der Waals surface area (Å²) < 4.78 is 0. The summed E-state index contributed by atoms with van der Waals surface area (Å²) in [6, 6.07) is 5.34. The van der Waals surface area contributed by atoms with E-state index in [2.05, 4.69) is 10.1 Å². The zero-order valence-electron chi connectivity index (χ0n) is 7.06. The average Bonchev–Trinajstić information content (AvgIpc) is 2.15. The Morgan fingerprint density at radius 1 is 1.62 bits per heavy atom. The van der Waals surface area contributed by atoms with E-state index in [0.29, 0.717) is 11.4 Å². The second-order valence-electron chi connectivity index (χ2n) is 2.33. The lowest BCUT2D eigenvalue weighted by atomic mass is 10.3. The van der Waals surface area contributed by atoms with E-state index in [1.54, 1.807) is 25.3 Å². The second-order valence-corrected chi connectivity index (χ2v) is 2.33. The topological polar surface area (TPSA) is 74.6 Å². The number of hydrazone groups is 1. The molecule has 5 heteroatoms. The molecule has 0 unspecified atom stereocenters. The number of nitrogens with one attached hydrogen (secondary N) is 1. The Morgan fingerprint density at radius 3 is 2.92 bits per heavy atom. The third-order valence-electron chi connectivity index (χ3n) is 1.35. The molecule has 0 bridgehead atoms. The van der Waals surface area contributed by atoms with Crippen LogP contribution >= 0.6 is 0 Å². The van der Waals surface area contributed by atoms with Crippen molar-refractivity contribution in [2.24, 2.45) is 5.10 Å². The molecule has 0 aliphatic carbocycles. The lowest BCUT2D eigenvalue weighted by Crippen LogP contribution is -2.16. The number of aromatic nitrogens is 1. The highest BCUT2D eigenvalue weighted by Gasteiger charge is 1.97. The smallest absolute Gasteiger partial charge is 0.425 e. The number of carbonyl (C=O) groups is 1. The summed E-state index contributed by atoms with van der Waals surface area (Å²) in [5, 5.41) is 11.9. The molecule has 1 aromatic heterocycles. The van der Waals surface area contributed by atoms with Crippen LogP contribution < -0.4 is 5.43 Å². The van der Waals surface area contributed by atoms with Crippen LogP contribution in [-0.4, -0.2) is 21.9 Å². The zero-order valence-corrected chi connectivity index (χ0v) is 7.06. The fourth-order valence-corrected chi connectivity index (χ4v) is 0.766. The van der Waals surface area contributed by atoms with Gasteiger partial charge in [0.1, 0.15) is 0 Å². The number of rotatable bonds is 2. The van der Waals surface area contributed by atoms with Gasteiger partial charge in [0.2, 0.25) is 0 Å². The van der Waals surface area contributed by atoms with E-state index >= 15 is 0 Å². The minimum absolute atomic E-state index is 0.531. The molecule has 1 heterocycles. The first-order valence-corrected chi connectivity index (χ1v) is 3.65. The highest BCUT2D eigenvalue weighted by Crippen LogP contribution is 1.94. The van der Waals surface area contributed by atoms with Crippen molar-refractivity contribution >= 4 is 11.8 Å². The normalized spacial score (nSPS) is 11.0. The standard InChI is InChI=1S/C8H9N3O2/c1-6(10-11-8(12)13)7-4-2-3-5-9-7/h2-5,11H,1H3,(H,12,13). The Morgan fingerprint density at radius 2 is 2.38 bits per heavy atom. The maximum atomic E-state index is 10.1. The van der Waals surface area contributed by atoms with Gasteiger partial charge in [-0.2, -0.15) is 5.10 Å². The van der Waals surface area contributed by atoms with Crippen molar-refractivity contribution in [2.75, 3.05) is 0 Å². The molecule has 0 aliphatic rings. The van der Waals surface area contributed by atoms with Crippen molar-refractivity contribution in [3.8, 4) is 0 Å². The molecule has 0 saturated carbocycles. The Kier molecular flexibility index (Phi) is 2.97. The third kappa shape index (κ3) is 2.90. The van der Waals surface area contributed by atoms with Crippen molar-refractivity contribution in [1.82, 2.24) is 10.4 Å². The molecule has 13 heavy (non-hydrogen) atoms. The van der Waals surface area contributed by atoms with E-state index in [4.69, 9.17) is 5.11 Å². The molecule has 5 nitrogen and oxygen atoms in total. The molecule has 0 atom stereocenters.